The van der Waals surface area contributed by atoms with Crippen LogP contribution >= 0.6 is 0 Å². The van der Waals surface area contributed by atoms with Crippen LogP contribution < -0.4 is 0 Å². The lowest BCUT2D eigenvalue weighted by molar-refractivity contribution is 0.0787. The normalized spacial score (nSPS) is 16.6. The molecule has 2 aromatic carbocycles. The minimum atomic E-state index is 0.106. The van der Waals surface area contributed by atoms with Gasteiger partial charge in [-0.3, -0.25) is 4.79 Å². The third-order valence-corrected chi connectivity index (χ3v) is 5.74. The molecule has 3 heterocycles. The van der Waals surface area contributed by atoms with Gasteiger partial charge >= 0.3 is 0 Å². The van der Waals surface area contributed by atoms with Crippen LogP contribution in [0.2, 0.25) is 0 Å². The third-order valence-electron chi connectivity index (χ3n) is 5.74. The Morgan fingerprint density at radius 1 is 1.14 bits per heavy atom. The molecule has 0 bridgehead atoms. The molecule has 1 aliphatic heterocycles. The van der Waals surface area contributed by atoms with Gasteiger partial charge in [-0.2, -0.15) is 0 Å². The molecule has 0 radical (unpaired) electrons. The molecule has 0 spiro atoms. The summed E-state index contributed by atoms with van der Waals surface area (Å²) in [6.07, 6.45) is 5.53. The zero-order chi connectivity index (χ0) is 19.6. The van der Waals surface area contributed by atoms with E-state index in [4.69, 9.17) is 0 Å². The second kappa shape index (κ2) is 7.54. The maximum atomic E-state index is 12.9. The summed E-state index contributed by atoms with van der Waals surface area (Å²) in [5.41, 5.74) is 2.98. The largest absolute Gasteiger partial charge is 0.361 e. The van der Waals surface area contributed by atoms with Gasteiger partial charge in [0.25, 0.3) is 5.91 Å². The molecule has 0 saturated carbocycles. The number of nitrogens with one attached hydrogen (secondary N) is 1. The highest BCUT2D eigenvalue weighted by molar-refractivity contribution is 5.98. The Balaban J connectivity index is 1.24. The Kier molecular flexibility index (Phi) is 4.60. The Labute approximate surface area is 169 Å². The topological polar surface area (TPSA) is 66.8 Å². The Morgan fingerprint density at radius 3 is 2.93 bits per heavy atom. The van der Waals surface area contributed by atoms with E-state index in [1.165, 1.54) is 5.56 Å². The van der Waals surface area contributed by atoms with Gasteiger partial charge < -0.3 is 14.5 Å². The van der Waals surface area contributed by atoms with Crippen LogP contribution in [-0.4, -0.2) is 43.6 Å². The molecular weight excluding hydrogens is 362 g/mol. The predicted octanol–water partition coefficient (Wildman–Crippen LogP) is 3.51. The van der Waals surface area contributed by atoms with Crippen molar-refractivity contribution in [2.45, 2.75) is 19.4 Å². The van der Waals surface area contributed by atoms with E-state index in [1.807, 2.05) is 53.6 Å². The van der Waals surface area contributed by atoms with E-state index in [9.17, 15) is 4.79 Å². The standard InChI is InChI=1S/C23H23N5O/c29-23(20-7-6-19-8-10-24-21(19)13-20)27-11-9-18(15-27)12-22-26-25-16-28(22)14-17-4-2-1-3-5-17/h1-8,10,13,16,18,24H,9,11-12,14-15H2. The first-order valence-electron chi connectivity index (χ1n) is 10.0. The van der Waals surface area contributed by atoms with Gasteiger partial charge in [0, 0.05) is 36.8 Å². The van der Waals surface area contributed by atoms with Gasteiger partial charge in [-0.15, -0.1) is 10.2 Å². The second-order valence-corrected chi connectivity index (χ2v) is 7.75. The van der Waals surface area contributed by atoms with Crippen LogP contribution in [0.4, 0.5) is 0 Å². The summed E-state index contributed by atoms with van der Waals surface area (Å²) >= 11 is 0. The fraction of sp³-hybridized carbons (Fsp3) is 0.261. The van der Waals surface area contributed by atoms with Gasteiger partial charge in [0.2, 0.25) is 0 Å². The minimum Gasteiger partial charge on any atom is -0.361 e. The number of H-pyrrole nitrogens is 1. The van der Waals surface area contributed by atoms with Crippen LogP contribution in [0.3, 0.4) is 0 Å². The molecular formula is C23H23N5O. The number of nitrogens with zero attached hydrogens (tertiary/aromatic N) is 4. The van der Waals surface area contributed by atoms with Crippen LogP contribution in [0.1, 0.15) is 28.2 Å². The van der Waals surface area contributed by atoms with Crippen LogP contribution in [0.25, 0.3) is 10.9 Å². The molecule has 146 valence electrons. The maximum Gasteiger partial charge on any atom is 0.253 e. The smallest absolute Gasteiger partial charge is 0.253 e. The van der Waals surface area contributed by atoms with E-state index in [0.29, 0.717) is 5.92 Å². The average molecular weight is 385 g/mol. The molecule has 1 atom stereocenters. The molecule has 1 N–H and O–H groups in total. The van der Waals surface area contributed by atoms with Gasteiger partial charge in [-0.25, -0.2) is 0 Å². The van der Waals surface area contributed by atoms with Gasteiger partial charge in [0.1, 0.15) is 12.2 Å². The van der Waals surface area contributed by atoms with Crippen molar-refractivity contribution in [3.05, 3.63) is 84.1 Å². The number of hydrogen-bond acceptors (Lipinski definition) is 3. The van der Waals surface area contributed by atoms with Crippen LogP contribution in [0.15, 0.2) is 67.1 Å². The Bertz CT molecular complexity index is 1130. The number of carbonyl (C=O) groups is 1. The zero-order valence-corrected chi connectivity index (χ0v) is 16.2. The zero-order valence-electron chi connectivity index (χ0n) is 16.2. The maximum absolute atomic E-state index is 12.9. The number of aromatic nitrogens is 4. The summed E-state index contributed by atoms with van der Waals surface area (Å²) < 4.78 is 2.11. The molecule has 1 amide bonds. The molecule has 1 unspecified atom stereocenters. The first kappa shape index (κ1) is 17.7. The van der Waals surface area contributed by atoms with Crippen molar-refractivity contribution in [1.82, 2.24) is 24.6 Å². The number of likely N-dealkylation sites (tertiary alicyclic amines) is 1. The summed E-state index contributed by atoms with van der Waals surface area (Å²) in [7, 11) is 0. The molecule has 2 aromatic heterocycles. The van der Waals surface area contributed by atoms with E-state index >= 15 is 0 Å². The van der Waals surface area contributed by atoms with Crippen molar-refractivity contribution in [2.75, 3.05) is 13.1 Å². The van der Waals surface area contributed by atoms with E-state index in [2.05, 4.69) is 31.9 Å². The molecule has 6 heteroatoms. The summed E-state index contributed by atoms with van der Waals surface area (Å²) in [6, 6.07) is 18.2. The van der Waals surface area contributed by atoms with Gasteiger partial charge in [0.15, 0.2) is 0 Å². The molecule has 1 fully saturated rings. The average Bonchev–Trinajstić information content (AvgIpc) is 3.50. The van der Waals surface area contributed by atoms with Gasteiger partial charge in [0.05, 0.1) is 6.54 Å². The van der Waals surface area contributed by atoms with E-state index in [0.717, 1.165) is 54.8 Å². The Morgan fingerprint density at radius 2 is 2.03 bits per heavy atom. The summed E-state index contributed by atoms with van der Waals surface area (Å²) in [4.78, 5) is 18.1. The summed E-state index contributed by atoms with van der Waals surface area (Å²) in [5, 5.41) is 9.58. The first-order valence-corrected chi connectivity index (χ1v) is 10.0. The first-order chi connectivity index (χ1) is 14.3. The van der Waals surface area contributed by atoms with Crippen molar-refractivity contribution in [3.63, 3.8) is 0 Å². The van der Waals surface area contributed by atoms with Crippen molar-refractivity contribution in [1.29, 1.82) is 0 Å². The van der Waals surface area contributed by atoms with E-state index in [1.54, 1.807) is 6.33 Å². The number of hydrogen-bond donors (Lipinski definition) is 1. The number of aromatic amines is 1. The highest BCUT2D eigenvalue weighted by atomic mass is 16.2. The van der Waals surface area contributed by atoms with Crippen LogP contribution in [-0.2, 0) is 13.0 Å². The fourth-order valence-electron chi connectivity index (χ4n) is 4.15. The van der Waals surface area contributed by atoms with E-state index in [-0.39, 0.29) is 5.91 Å². The third kappa shape index (κ3) is 3.66. The minimum absolute atomic E-state index is 0.106. The monoisotopic (exact) mass is 385 g/mol. The molecule has 0 aliphatic carbocycles. The highest BCUT2D eigenvalue weighted by Crippen LogP contribution is 2.23. The summed E-state index contributed by atoms with van der Waals surface area (Å²) in [5.74, 6) is 1.50. The van der Waals surface area contributed by atoms with Crippen LogP contribution in [0.5, 0.6) is 0 Å². The predicted molar refractivity (Wildman–Crippen MR) is 112 cm³/mol. The highest BCUT2D eigenvalue weighted by Gasteiger charge is 2.28. The van der Waals surface area contributed by atoms with Crippen molar-refractivity contribution < 1.29 is 4.79 Å². The molecule has 5 rings (SSSR count). The van der Waals surface area contributed by atoms with Crippen LogP contribution in [0, 0.1) is 5.92 Å². The number of fused-ring (bicyclic) bond motifs is 1. The van der Waals surface area contributed by atoms with E-state index < -0.39 is 0 Å². The second-order valence-electron chi connectivity index (χ2n) is 7.75. The number of carbonyl (C=O) groups excluding carboxylic acids is 1. The lowest BCUT2D eigenvalue weighted by atomic mass is 10.0. The van der Waals surface area contributed by atoms with Crippen molar-refractivity contribution in [2.24, 2.45) is 5.92 Å². The van der Waals surface area contributed by atoms with Crippen molar-refractivity contribution in [3.8, 4) is 0 Å². The molecule has 1 aliphatic rings. The molecule has 6 nitrogen and oxygen atoms in total. The molecule has 29 heavy (non-hydrogen) atoms. The fourth-order valence-corrected chi connectivity index (χ4v) is 4.15. The molecule has 4 aromatic rings. The Hall–Kier alpha value is -3.41. The molecule has 1 saturated heterocycles. The van der Waals surface area contributed by atoms with Gasteiger partial charge in [-0.05, 0) is 41.5 Å². The number of benzene rings is 2. The lowest BCUT2D eigenvalue weighted by Crippen LogP contribution is -2.29. The number of rotatable bonds is 5. The SMILES string of the molecule is O=C(c1ccc2cc[nH]c2c1)N1CCC(Cc2nncn2Cc2ccccc2)C1. The summed E-state index contributed by atoms with van der Waals surface area (Å²) in [6.45, 7) is 2.33. The van der Waals surface area contributed by atoms with Gasteiger partial charge in [-0.1, -0.05) is 36.4 Å². The number of amides is 1. The van der Waals surface area contributed by atoms with Crippen molar-refractivity contribution >= 4 is 16.8 Å². The lowest BCUT2D eigenvalue weighted by Gasteiger charge is -2.17. The quantitative estimate of drug-likeness (QED) is 0.572.